The van der Waals surface area contributed by atoms with Gasteiger partial charge >= 0.3 is 0 Å². The van der Waals surface area contributed by atoms with Crippen molar-refractivity contribution in [3.05, 3.63) is 0 Å². The zero-order chi connectivity index (χ0) is 29.5. The highest BCUT2D eigenvalue weighted by atomic mass is 16.5. The number of hydrogen-bond acceptors (Lipinski definition) is 12. The standard InChI is InChI=1S/C27H59N3O9.CH4/c1-11-27(15-37-12-23(2)26(36-10)28-18-31-5,16-38-13-24(3)29(19-32-6)20-33-7)17-39-14-25(4)30(21-34-8)22-35-9;/h23-26,28H,11-22H2,1-10H3;1H4. The van der Waals surface area contributed by atoms with Gasteiger partial charge in [-0.1, -0.05) is 21.3 Å². The van der Waals surface area contributed by atoms with Crippen LogP contribution < -0.4 is 5.32 Å². The van der Waals surface area contributed by atoms with Crippen molar-refractivity contribution < 1.29 is 42.6 Å². The van der Waals surface area contributed by atoms with Crippen LogP contribution in [-0.4, -0.2) is 144 Å². The number of ether oxygens (including phenoxy) is 9. The lowest BCUT2D eigenvalue weighted by Gasteiger charge is -2.35. The summed E-state index contributed by atoms with van der Waals surface area (Å²) in [5, 5.41) is 3.21. The maximum atomic E-state index is 6.27. The van der Waals surface area contributed by atoms with Gasteiger partial charge in [0.05, 0.1) is 46.4 Å². The minimum absolute atomic E-state index is 0. The molecule has 4 unspecified atom stereocenters. The van der Waals surface area contributed by atoms with E-state index >= 15 is 0 Å². The van der Waals surface area contributed by atoms with E-state index in [1.54, 1.807) is 42.7 Å². The largest absolute Gasteiger partial charge is 0.380 e. The Kier molecular flexibility index (Phi) is 27.3. The monoisotopic (exact) mass is 585 g/mol. The zero-order valence-electron chi connectivity index (χ0n) is 26.4. The van der Waals surface area contributed by atoms with Crippen molar-refractivity contribution in [3.8, 4) is 0 Å². The lowest BCUT2D eigenvalue weighted by atomic mass is 9.88. The Morgan fingerprint density at radius 3 is 1.35 bits per heavy atom. The quantitative estimate of drug-likeness (QED) is 0.137. The van der Waals surface area contributed by atoms with E-state index in [-0.39, 0.29) is 37.1 Å². The minimum atomic E-state index is -0.317. The van der Waals surface area contributed by atoms with Crippen LogP contribution in [0.2, 0.25) is 0 Å². The first-order chi connectivity index (χ1) is 18.8. The van der Waals surface area contributed by atoms with Crippen LogP contribution in [0.25, 0.3) is 0 Å². The van der Waals surface area contributed by atoms with Crippen molar-refractivity contribution >= 4 is 0 Å². The van der Waals surface area contributed by atoms with Crippen LogP contribution in [0.1, 0.15) is 41.5 Å². The average molecular weight is 586 g/mol. The van der Waals surface area contributed by atoms with E-state index in [2.05, 4.69) is 42.8 Å². The molecule has 12 heteroatoms. The molecular formula is C28H63N3O9. The number of nitrogens with zero attached hydrogens (tertiary/aromatic N) is 2. The van der Waals surface area contributed by atoms with Crippen molar-refractivity contribution in [1.29, 1.82) is 0 Å². The first-order valence-corrected chi connectivity index (χ1v) is 13.7. The molecule has 0 radical (unpaired) electrons. The molecule has 0 aromatic rings. The summed E-state index contributed by atoms with van der Waals surface area (Å²) in [6.45, 7) is 13.8. The summed E-state index contributed by atoms with van der Waals surface area (Å²) in [6, 6.07) is 0.236. The summed E-state index contributed by atoms with van der Waals surface area (Å²) in [5.74, 6) is 0.120. The Balaban J connectivity index is 0. The van der Waals surface area contributed by atoms with E-state index in [4.69, 9.17) is 42.6 Å². The highest BCUT2D eigenvalue weighted by Crippen LogP contribution is 2.25. The molecule has 0 saturated carbocycles. The van der Waals surface area contributed by atoms with Crippen LogP contribution >= 0.6 is 0 Å². The predicted molar refractivity (Wildman–Crippen MR) is 157 cm³/mol. The third kappa shape index (κ3) is 17.5. The van der Waals surface area contributed by atoms with Gasteiger partial charge in [-0.25, -0.2) is 0 Å². The number of nitrogens with one attached hydrogen (secondary N) is 1. The van der Waals surface area contributed by atoms with Gasteiger partial charge in [0.25, 0.3) is 0 Å². The van der Waals surface area contributed by atoms with Crippen LogP contribution in [-0.2, 0) is 42.6 Å². The van der Waals surface area contributed by atoms with Crippen molar-refractivity contribution in [3.63, 3.8) is 0 Å². The van der Waals surface area contributed by atoms with E-state index in [1.165, 1.54) is 0 Å². The fraction of sp³-hybridized carbons (Fsp3) is 1.00. The second-order valence-corrected chi connectivity index (χ2v) is 10.2. The summed E-state index contributed by atoms with van der Waals surface area (Å²) in [7, 11) is 10.0. The van der Waals surface area contributed by atoms with E-state index in [9.17, 15) is 0 Å². The van der Waals surface area contributed by atoms with Gasteiger partial charge < -0.3 is 42.6 Å². The topological polar surface area (TPSA) is 102 Å². The molecule has 40 heavy (non-hydrogen) atoms. The first-order valence-electron chi connectivity index (χ1n) is 13.7. The maximum Gasteiger partial charge on any atom is 0.114 e. The summed E-state index contributed by atoms with van der Waals surface area (Å²) in [6.07, 6.45) is 0.662. The molecule has 0 rings (SSSR count). The summed E-state index contributed by atoms with van der Waals surface area (Å²) < 4.78 is 50.7. The lowest BCUT2D eigenvalue weighted by molar-refractivity contribution is -0.110. The third-order valence-electron chi connectivity index (χ3n) is 6.70. The fourth-order valence-electron chi connectivity index (χ4n) is 4.01. The normalized spacial score (nSPS) is 16.5. The minimum Gasteiger partial charge on any atom is -0.380 e. The summed E-state index contributed by atoms with van der Waals surface area (Å²) in [4.78, 5) is 4.14. The van der Waals surface area contributed by atoms with Crippen LogP contribution in [0.15, 0.2) is 0 Å². The van der Waals surface area contributed by atoms with Gasteiger partial charge in [-0.2, -0.15) is 0 Å². The fourth-order valence-corrected chi connectivity index (χ4v) is 4.01. The Morgan fingerprint density at radius 1 is 0.625 bits per heavy atom. The molecule has 0 aliphatic carbocycles. The van der Waals surface area contributed by atoms with Crippen LogP contribution in [0, 0.1) is 11.3 Å². The van der Waals surface area contributed by atoms with Crippen LogP contribution in [0.3, 0.4) is 0 Å². The molecule has 1 N–H and O–H groups in total. The number of hydrogen-bond donors (Lipinski definition) is 1. The second kappa shape index (κ2) is 26.2. The van der Waals surface area contributed by atoms with Crippen molar-refractivity contribution in [1.82, 2.24) is 15.1 Å². The SMILES string of the molecule is C.CCC(COCC(C)C(NCOC)OC)(COCC(C)N(COC)COC)COCC(C)N(COC)COC. The molecule has 0 amide bonds. The Bertz CT molecular complexity index is 511. The van der Waals surface area contributed by atoms with Gasteiger partial charge in [0.15, 0.2) is 0 Å². The molecule has 244 valence electrons. The van der Waals surface area contributed by atoms with E-state index in [1.807, 2.05) is 0 Å². The molecule has 0 aromatic heterocycles. The predicted octanol–water partition coefficient (Wildman–Crippen LogP) is 2.67. The molecule has 4 atom stereocenters. The third-order valence-corrected chi connectivity index (χ3v) is 6.70. The Hall–Kier alpha value is -0.480. The number of methoxy groups -OCH3 is 6. The van der Waals surface area contributed by atoms with Crippen molar-refractivity contribution in [2.24, 2.45) is 11.3 Å². The van der Waals surface area contributed by atoms with Gasteiger partial charge in [-0.15, -0.1) is 0 Å². The van der Waals surface area contributed by atoms with Crippen LogP contribution in [0.4, 0.5) is 0 Å². The van der Waals surface area contributed by atoms with E-state index in [0.717, 1.165) is 6.42 Å². The van der Waals surface area contributed by atoms with Gasteiger partial charge in [0.2, 0.25) is 0 Å². The van der Waals surface area contributed by atoms with Gasteiger partial charge in [-0.3, -0.25) is 15.1 Å². The molecular weight excluding hydrogens is 522 g/mol. The zero-order valence-corrected chi connectivity index (χ0v) is 26.4. The molecule has 0 aliphatic heterocycles. The molecule has 0 aromatic carbocycles. The average Bonchev–Trinajstić information content (AvgIpc) is 2.92. The van der Waals surface area contributed by atoms with E-state index < -0.39 is 0 Å². The van der Waals surface area contributed by atoms with Crippen molar-refractivity contribution in [2.45, 2.75) is 59.9 Å². The molecule has 0 aliphatic rings. The second-order valence-electron chi connectivity index (χ2n) is 10.2. The maximum absolute atomic E-state index is 6.27. The van der Waals surface area contributed by atoms with Gasteiger partial charge in [0, 0.05) is 66.1 Å². The molecule has 0 heterocycles. The lowest BCUT2D eigenvalue weighted by Crippen LogP contribution is -2.44. The summed E-state index contributed by atoms with van der Waals surface area (Å²) in [5.41, 5.74) is -0.317. The van der Waals surface area contributed by atoms with Gasteiger partial charge in [0.1, 0.15) is 33.2 Å². The highest BCUT2D eigenvalue weighted by molar-refractivity contribution is 4.79. The smallest absolute Gasteiger partial charge is 0.114 e. The Morgan fingerprint density at radius 2 is 1.02 bits per heavy atom. The molecule has 0 fully saturated rings. The first kappa shape index (κ1) is 41.7. The van der Waals surface area contributed by atoms with E-state index in [0.29, 0.717) is 73.3 Å². The van der Waals surface area contributed by atoms with Crippen molar-refractivity contribution in [2.75, 3.05) is 116 Å². The van der Waals surface area contributed by atoms with Crippen LogP contribution in [0.5, 0.6) is 0 Å². The molecule has 0 spiro atoms. The Labute approximate surface area is 245 Å². The summed E-state index contributed by atoms with van der Waals surface area (Å²) >= 11 is 0. The van der Waals surface area contributed by atoms with Gasteiger partial charge in [-0.05, 0) is 20.3 Å². The molecule has 12 nitrogen and oxygen atoms in total. The number of rotatable bonds is 28. The highest BCUT2D eigenvalue weighted by Gasteiger charge is 2.32. The molecule has 0 bridgehead atoms. The molecule has 0 saturated heterocycles.